The Kier molecular flexibility index (Phi) is 3.45. The van der Waals surface area contributed by atoms with Crippen LogP contribution in [-0.4, -0.2) is 15.1 Å². The molecular weight excluding hydrogens is 304 g/mol. The van der Waals surface area contributed by atoms with Crippen molar-refractivity contribution in [2.75, 3.05) is 0 Å². The second-order valence-electron chi connectivity index (χ2n) is 6.16. The van der Waals surface area contributed by atoms with Gasteiger partial charge in [0, 0.05) is 18.2 Å². The van der Waals surface area contributed by atoms with Gasteiger partial charge in [0.05, 0.1) is 6.07 Å². The number of rotatable bonds is 4. The zero-order valence-electron chi connectivity index (χ0n) is 13.9. The Labute approximate surface area is 139 Å². The van der Waals surface area contributed by atoms with E-state index >= 15 is 0 Å². The molecule has 0 amide bonds. The molecule has 0 unspecified atom stereocenters. The van der Waals surface area contributed by atoms with E-state index in [1.165, 1.54) is 0 Å². The molecule has 0 saturated heterocycles. The van der Waals surface area contributed by atoms with E-state index in [1.54, 1.807) is 4.52 Å². The van der Waals surface area contributed by atoms with Crippen LogP contribution in [0.4, 0.5) is 0 Å². The van der Waals surface area contributed by atoms with Crippen molar-refractivity contribution in [2.24, 2.45) is 0 Å². The zero-order chi connectivity index (χ0) is 16.7. The number of hydrogen-bond acceptors (Lipinski definition) is 4. The van der Waals surface area contributed by atoms with Gasteiger partial charge < -0.3 is 9.15 Å². The third-order valence-electron chi connectivity index (χ3n) is 3.89. The number of aromatic nitrogens is 4. The normalized spacial score (nSPS) is 11.7. The topological polar surface area (TPSA) is 68.0 Å². The number of H-pyrrole nitrogens is 1. The molecule has 3 heterocycles. The Hall–Kier alpha value is -2.89. The van der Waals surface area contributed by atoms with Crippen LogP contribution in [0, 0.1) is 6.92 Å². The number of furan rings is 1. The van der Waals surface area contributed by atoms with Crippen LogP contribution in [0.1, 0.15) is 37.0 Å². The van der Waals surface area contributed by atoms with Crippen molar-refractivity contribution in [1.29, 1.82) is 0 Å². The van der Waals surface area contributed by atoms with Crippen LogP contribution in [0.25, 0.3) is 16.7 Å². The molecule has 6 heteroatoms. The number of aromatic amines is 1. The molecule has 0 bridgehead atoms. The Balaban J connectivity index is 1.67. The lowest BCUT2D eigenvalue weighted by atomic mass is 10.1. The fourth-order valence-electron chi connectivity index (χ4n) is 2.66. The second kappa shape index (κ2) is 5.63. The molecular formula is C18H19N4O2+. The standard InChI is InChI=1S/C18H18N4O2/c1-11(2)15-9-17(22-18(20-15)19-12(3)21-22)23-10-14-8-13-6-4-5-7-16(13)24-14/h4-9,11H,10H2,1-3H3/p+1. The first-order valence-electron chi connectivity index (χ1n) is 8.00. The highest BCUT2D eigenvalue weighted by Gasteiger charge is 2.20. The quantitative estimate of drug-likeness (QED) is 0.585. The van der Waals surface area contributed by atoms with Crippen molar-refractivity contribution < 1.29 is 13.7 Å². The molecule has 0 saturated carbocycles. The maximum atomic E-state index is 6.00. The van der Waals surface area contributed by atoms with Crippen molar-refractivity contribution in [2.45, 2.75) is 33.3 Å². The molecule has 0 fully saturated rings. The Morgan fingerprint density at radius 3 is 2.83 bits per heavy atom. The number of ether oxygens (including phenoxy) is 1. The second-order valence-corrected chi connectivity index (χ2v) is 6.16. The Morgan fingerprint density at radius 1 is 1.21 bits per heavy atom. The van der Waals surface area contributed by atoms with E-state index < -0.39 is 0 Å². The summed E-state index contributed by atoms with van der Waals surface area (Å²) in [4.78, 5) is 8.96. The largest absolute Gasteiger partial charge is 0.460 e. The minimum Gasteiger partial charge on any atom is -0.458 e. The fraction of sp³-hybridized carbons (Fsp3) is 0.278. The van der Waals surface area contributed by atoms with E-state index in [9.17, 15) is 0 Å². The van der Waals surface area contributed by atoms with Gasteiger partial charge >= 0.3 is 5.78 Å². The summed E-state index contributed by atoms with van der Waals surface area (Å²) in [5.74, 6) is 3.14. The van der Waals surface area contributed by atoms with Gasteiger partial charge in [-0.1, -0.05) is 46.5 Å². The number of fused-ring (bicyclic) bond motifs is 2. The lowest BCUT2D eigenvalue weighted by Crippen LogP contribution is -2.28. The molecule has 0 aliphatic rings. The lowest BCUT2D eigenvalue weighted by molar-refractivity contribution is -0.588. The molecule has 1 aromatic carbocycles. The summed E-state index contributed by atoms with van der Waals surface area (Å²) in [5, 5.41) is 4.22. The third kappa shape index (κ3) is 2.60. The van der Waals surface area contributed by atoms with Crippen LogP contribution in [0.2, 0.25) is 0 Å². The minimum absolute atomic E-state index is 0.292. The van der Waals surface area contributed by atoms with Crippen LogP contribution < -0.4 is 9.25 Å². The van der Waals surface area contributed by atoms with Gasteiger partial charge in [-0.15, -0.1) is 0 Å². The third-order valence-corrected chi connectivity index (χ3v) is 3.89. The van der Waals surface area contributed by atoms with Crippen molar-refractivity contribution in [3.63, 3.8) is 0 Å². The summed E-state index contributed by atoms with van der Waals surface area (Å²) < 4.78 is 13.6. The summed E-state index contributed by atoms with van der Waals surface area (Å²) in [7, 11) is 0. The van der Waals surface area contributed by atoms with Crippen molar-refractivity contribution in [1.82, 2.24) is 15.1 Å². The number of para-hydroxylation sites is 1. The van der Waals surface area contributed by atoms with Crippen LogP contribution in [0.5, 0.6) is 5.88 Å². The van der Waals surface area contributed by atoms with Crippen LogP contribution in [0.3, 0.4) is 0 Å². The molecule has 0 atom stereocenters. The van der Waals surface area contributed by atoms with Gasteiger partial charge in [0.1, 0.15) is 23.6 Å². The monoisotopic (exact) mass is 323 g/mol. The molecule has 0 aliphatic heterocycles. The van der Waals surface area contributed by atoms with E-state index in [2.05, 4.69) is 28.9 Å². The summed E-state index contributed by atoms with van der Waals surface area (Å²) in [6.07, 6.45) is 0. The number of hydrogen-bond donors (Lipinski definition) is 1. The number of aryl methyl sites for hydroxylation is 1. The van der Waals surface area contributed by atoms with Gasteiger partial charge in [0.2, 0.25) is 5.82 Å². The van der Waals surface area contributed by atoms with E-state index in [-0.39, 0.29) is 0 Å². The van der Waals surface area contributed by atoms with Crippen molar-refractivity contribution in [3.8, 4) is 5.88 Å². The summed E-state index contributed by atoms with van der Waals surface area (Å²) in [5.41, 5.74) is 1.81. The SMILES string of the molecule is Cc1nc2nc(C(C)C)cc(OCc3cc4ccccc4o3)[n+]2[nH]1. The summed E-state index contributed by atoms with van der Waals surface area (Å²) in [6, 6.07) is 11.9. The van der Waals surface area contributed by atoms with E-state index in [0.29, 0.717) is 24.2 Å². The van der Waals surface area contributed by atoms with Crippen molar-refractivity contribution >= 4 is 16.7 Å². The Bertz CT molecular complexity index is 983. The zero-order valence-corrected chi connectivity index (χ0v) is 13.9. The average molecular weight is 323 g/mol. The predicted molar refractivity (Wildman–Crippen MR) is 88.9 cm³/mol. The number of nitrogens with one attached hydrogen (secondary N) is 1. The van der Waals surface area contributed by atoms with E-state index in [1.807, 2.05) is 43.3 Å². The van der Waals surface area contributed by atoms with Crippen LogP contribution in [0.15, 0.2) is 40.8 Å². The fourth-order valence-corrected chi connectivity index (χ4v) is 2.66. The highest BCUT2D eigenvalue weighted by atomic mass is 16.5. The summed E-state index contributed by atoms with van der Waals surface area (Å²) >= 11 is 0. The summed E-state index contributed by atoms with van der Waals surface area (Å²) in [6.45, 7) is 6.44. The minimum atomic E-state index is 0.292. The van der Waals surface area contributed by atoms with Gasteiger partial charge in [-0.25, -0.2) is 5.10 Å². The molecule has 3 aromatic heterocycles. The molecule has 0 aliphatic carbocycles. The number of nitrogens with zero attached hydrogens (tertiary/aromatic N) is 3. The molecule has 122 valence electrons. The molecule has 4 aromatic rings. The first-order valence-corrected chi connectivity index (χ1v) is 8.00. The predicted octanol–water partition coefficient (Wildman–Crippen LogP) is 3.30. The molecule has 4 rings (SSSR count). The van der Waals surface area contributed by atoms with E-state index in [4.69, 9.17) is 9.15 Å². The molecule has 6 nitrogen and oxygen atoms in total. The van der Waals surface area contributed by atoms with Crippen molar-refractivity contribution in [3.05, 3.63) is 53.7 Å². The van der Waals surface area contributed by atoms with Crippen LogP contribution in [-0.2, 0) is 6.61 Å². The molecule has 0 spiro atoms. The first kappa shape index (κ1) is 14.7. The highest BCUT2D eigenvalue weighted by molar-refractivity contribution is 5.77. The lowest BCUT2D eigenvalue weighted by Gasteiger charge is -2.05. The van der Waals surface area contributed by atoms with Gasteiger partial charge in [0.25, 0.3) is 5.88 Å². The molecule has 0 radical (unpaired) electrons. The van der Waals surface area contributed by atoms with Gasteiger partial charge in [-0.3, -0.25) is 0 Å². The Morgan fingerprint density at radius 2 is 2.04 bits per heavy atom. The van der Waals surface area contributed by atoms with Crippen LogP contribution >= 0.6 is 0 Å². The highest BCUT2D eigenvalue weighted by Crippen LogP contribution is 2.21. The first-order chi connectivity index (χ1) is 11.6. The average Bonchev–Trinajstić information content (AvgIpc) is 3.13. The van der Waals surface area contributed by atoms with E-state index in [0.717, 1.165) is 28.2 Å². The maximum Gasteiger partial charge on any atom is 0.460 e. The van der Waals surface area contributed by atoms with Gasteiger partial charge in [-0.2, -0.15) is 0 Å². The molecule has 24 heavy (non-hydrogen) atoms. The van der Waals surface area contributed by atoms with Gasteiger partial charge in [-0.05, 0) is 12.1 Å². The smallest absolute Gasteiger partial charge is 0.458 e. The maximum absolute atomic E-state index is 6.00. The van der Waals surface area contributed by atoms with Gasteiger partial charge in [0.15, 0.2) is 0 Å². The molecule has 1 N–H and O–H groups in total. The number of benzene rings is 1.